The molecule has 0 aliphatic carbocycles. The van der Waals surface area contributed by atoms with Crippen LogP contribution in [0.2, 0.25) is 0 Å². The molecular weight excluding hydrogens is 600 g/mol. The molecule has 0 bridgehead atoms. The molecule has 212 valence electrons. The smallest absolute Gasteiger partial charge is 0.315 e. The second-order valence-electron chi connectivity index (χ2n) is 9.99. The number of hydrogen-bond acceptors (Lipinski definition) is 7. The quantitative estimate of drug-likeness (QED) is 0.133. The maximum atomic E-state index is 12.2. The van der Waals surface area contributed by atoms with Crippen LogP contribution in [0.1, 0.15) is 49.3 Å². The van der Waals surface area contributed by atoms with Crippen molar-refractivity contribution < 1.29 is 24.0 Å². The first-order valence-electron chi connectivity index (χ1n) is 13.4. The molecule has 0 saturated carbocycles. The summed E-state index contributed by atoms with van der Waals surface area (Å²) in [5.74, 6) is 2.10. The molecule has 3 N–H and O–H groups in total. The van der Waals surface area contributed by atoms with Gasteiger partial charge in [0.15, 0.2) is 0 Å². The fraction of sp³-hybridized carbons (Fsp3) is 0.429. The van der Waals surface area contributed by atoms with Gasteiger partial charge in [-0.1, -0.05) is 34.5 Å². The van der Waals surface area contributed by atoms with Crippen LogP contribution in [0.4, 0.5) is 4.79 Å². The zero-order valence-electron chi connectivity index (χ0n) is 21.8. The molecule has 3 aliphatic heterocycles. The van der Waals surface area contributed by atoms with Gasteiger partial charge in [0.2, 0.25) is 12.0 Å². The summed E-state index contributed by atoms with van der Waals surface area (Å²) in [4.78, 5) is 35.0. The highest BCUT2D eigenvalue weighted by Crippen LogP contribution is 2.39. The molecule has 2 saturated heterocycles. The van der Waals surface area contributed by atoms with Gasteiger partial charge < -0.3 is 25.4 Å². The summed E-state index contributed by atoms with van der Waals surface area (Å²) < 4.78 is 12.7. The number of urea groups is 1. The van der Waals surface area contributed by atoms with Crippen molar-refractivity contribution in [2.24, 2.45) is 0 Å². The summed E-state index contributed by atoms with van der Waals surface area (Å²) in [6.07, 6.45) is 4.60. The molecule has 0 radical (unpaired) electrons. The van der Waals surface area contributed by atoms with Gasteiger partial charge >= 0.3 is 6.03 Å². The van der Waals surface area contributed by atoms with Crippen molar-refractivity contribution in [2.75, 3.05) is 18.9 Å². The third-order valence-corrected chi connectivity index (χ3v) is 9.21. The van der Waals surface area contributed by atoms with E-state index >= 15 is 0 Å². The topological polar surface area (TPSA) is 132 Å². The first-order valence-corrected chi connectivity index (χ1v) is 15.2. The second kappa shape index (κ2) is 12.9. The molecule has 3 aliphatic rings. The normalized spacial score (nSPS) is 22.7. The number of thioether (sulfide) groups is 1. The van der Waals surface area contributed by atoms with E-state index in [1.165, 1.54) is 6.08 Å². The van der Waals surface area contributed by atoms with Crippen molar-refractivity contribution in [3.8, 4) is 11.5 Å². The Balaban J connectivity index is 1.01. The molecule has 2 aromatic carbocycles. The highest BCUT2D eigenvalue weighted by Gasteiger charge is 2.42. The van der Waals surface area contributed by atoms with E-state index in [2.05, 4.69) is 31.9 Å². The lowest BCUT2D eigenvalue weighted by Crippen LogP contribution is -2.36. The van der Waals surface area contributed by atoms with Crippen LogP contribution in [-0.2, 0) is 4.79 Å². The van der Waals surface area contributed by atoms with Crippen LogP contribution in [0, 0.1) is 10.1 Å². The molecule has 0 aromatic heterocycles. The first-order chi connectivity index (χ1) is 19.4. The summed E-state index contributed by atoms with van der Waals surface area (Å²) in [6, 6.07) is 12.9. The van der Waals surface area contributed by atoms with Crippen molar-refractivity contribution in [1.82, 2.24) is 16.0 Å². The number of hydrogen-bond donors (Lipinski definition) is 3. The predicted molar refractivity (Wildman–Crippen MR) is 156 cm³/mol. The van der Waals surface area contributed by atoms with E-state index in [1.807, 2.05) is 23.9 Å². The average Bonchev–Trinajstić information content (AvgIpc) is 3.49. The Kier molecular flexibility index (Phi) is 9.15. The Labute approximate surface area is 244 Å². The molecular formula is C28H31BrN4O6S. The van der Waals surface area contributed by atoms with E-state index in [0.717, 1.165) is 29.5 Å². The van der Waals surface area contributed by atoms with E-state index in [9.17, 15) is 19.7 Å². The Bertz CT molecular complexity index is 1290. The van der Waals surface area contributed by atoms with Gasteiger partial charge in [0, 0.05) is 45.6 Å². The van der Waals surface area contributed by atoms with Crippen LogP contribution < -0.4 is 25.4 Å². The lowest BCUT2D eigenvalue weighted by Gasteiger charge is -2.23. The van der Waals surface area contributed by atoms with E-state index in [0.29, 0.717) is 53.9 Å². The van der Waals surface area contributed by atoms with Gasteiger partial charge in [0.05, 0.1) is 23.6 Å². The van der Waals surface area contributed by atoms with Gasteiger partial charge in [-0.25, -0.2) is 4.79 Å². The number of amides is 3. The zero-order valence-corrected chi connectivity index (χ0v) is 24.2. The standard InChI is InChI=1S/C28H31BrN4O6S/c29-19-8-6-17(7-9-19)27-22(33(36)37)15-18-14-20(10-11-23(18)39-27)38-13-3-12-30-25(34)5-2-1-4-24-26-21(16-40-24)31-28(35)32-26/h6-11,14-15,21,24,26-27H,1-5,12-13,16H2,(H,30,34)(H2,31,32,35)/t21-,24-,26-,27?/m0/s1. The van der Waals surface area contributed by atoms with Crippen molar-refractivity contribution >= 4 is 45.7 Å². The average molecular weight is 632 g/mol. The zero-order chi connectivity index (χ0) is 28.1. The lowest BCUT2D eigenvalue weighted by molar-refractivity contribution is -0.434. The number of nitro groups is 1. The van der Waals surface area contributed by atoms with Crippen molar-refractivity contribution in [3.63, 3.8) is 0 Å². The molecule has 10 nitrogen and oxygen atoms in total. The Morgan fingerprint density at radius 1 is 1.18 bits per heavy atom. The molecule has 1 unspecified atom stereocenters. The highest BCUT2D eigenvalue weighted by atomic mass is 79.9. The molecule has 4 atom stereocenters. The molecule has 5 rings (SSSR count). The van der Waals surface area contributed by atoms with Crippen molar-refractivity contribution in [1.29, 1.82) is 0 Å². The number of ether oxygens (including phenoxy) is 2. The third kappa shape index (κ3) is 6.90. The molecule has 12 heteroatoms. The third-order valence-electron chi connectivity index (χ3n) is 7.17. The fourth-order valence-corrected chi connectivity index (χ4v) is 6.94. The maximum Gasteiger partial charge on any atom is 0.315 e. The number of nitrogens with zero attached hydrogens (tertiary/aromatic N) is 1. The van der Waals surface area contributed by atoms with Gasteiger partial charge in [-0.2, -0.15) is 11.8 Å². The Morgan fingerprint density at radius 2 is 2.00 bits per heavy atom. The Morgan fingerprint density at radius 3 is 2.80 bits per heavy atom. The van der Waals surface area contributed by atoms with E-state index < -0.39 is 11.0 Å². The van der Waals surface area contributed by atoms with Gasteiger partial charge in [-0.15, -0.1) is 0 Å². The minimum Gasteiger partial charge on any atom is -0.494 e. The van der Waals surface area contributed by atoms with Crippen molar-refractivity contribution in [3.05, 3.63) is 73.9 Å². The van der Waals surface area contributed by atoms with Gasteiger partial charge in [0.25, 0.3) is 5.70 Å². The van der Waals surface area contributed by atoms with Gasteiger partial charge in [-0.05, 0) is 49.6 Å². The number of nitrogens with one attached hydrogen (secondary N) is 3. The van der Waals surface area contributed by atoms with Crippen molar-refractivity contribution in [2.45, 2.75) is 55.5 Å². The molecule has 2 fully saturated rings. The molecule has 0 spiro atoms. The summed E-state index contributed by atoms with van der Waals surface area (Å²) >= 11 is 5.27. The number of carbonyl (C=O) groups excluding carboxylic acids is 2. The van der Waals surface area contributed by atoms with E-state index in [1.54, 1.807) is 30.3 Å². The van der Waals surface area contributed by atoms with E-state index in [4.69, 9.17) is 9.47 Å². The summed E-state index contributed by atoms with van der Waals surface area (Å²) in [5, 5.41) is 21.0. The minimum absolute atomic E-state index is 0.0245. The van der Waals surface area contributed by atoms with Crippen LogP contribution in [0.5, 0.6) is 11.5 Å². The number of halogens is 1. The fourth-order valence-electron chi connectivity index (χ4n) is 5.14. The number of fused-ring (bicyclic) bond motifs is 2. The molecule has 40 heavy (non-hydrogen) atoms. The predicted octanol–water partition coefficient (Wildman–Crippen LogP) is 4.81. The summed E-state index contributed by atoms with van der Waals surface area (Å²) in [7, 11) is 0. The van der Waals surface area contributed by atoms with E-state index in [-0.39, 0.29) is 29.7 Å². The summed E-state index contributed by atoms with van der Waals surface area (Å²) in [5.41, 5.74) is 1.24. The van der Waals surface area contributed by atoms with Crippen LogP contribution >= 0.6 is 27.7 Å². The molecule has 3 amide bonds. The van der Waals surface area contributed by atoms with Crippen LogP contribution in [0.15, 0.2) is 52.6 Å². The monoisotopic (exact) mass is 630 g/mol. The SMILES string of the molecule is O=C(CCCC[C@@H]1SC[C@@H]2NC(=O)N[C@@H]21)NCCCOc1ccc2c(c1)C=C([N+](=O)[O-])C(c1ccc(Br)cc1)O2. The van der Waals surface area contributed by atoms with Crippen LogP contribution in [0.3, 0.4) is 0 Å². The number of benzene rings is 2. The second-order valence-corrected chi connectivity index (χ2v) is 12.2. The number of carbonyl (C=O) groups is 2. The lowest BCUT2D eigenvalue weighted by atomic mass is 10.0. The Hall–Kier alpha value is -3.25. The van der Waals surface area contributed by atoms with Crippen LogP contribution in [-0.4, -0.2) is 53.1 Å². The molecule has 3 heterocycles. The van der Waals surface area contributed by atoms with Gasteiger partial charge in [-0.3, -0.25) is 14.9 Å². The number of unbranched alkanes of at least 4 members (excludes halogenated alkanes) is 1. The minimum atomic E-state index is -0.799. The molecule has 2 aromatic rings. The largest absolute Gasteiger partial charge is 0.494 e. The first kappa shape index (κ1) is 28.3. The highest BCUT2D eigenvalue weighted by molar-refractivity contribution is 9.10. The van der Waals surface area contributed by atoms with Gasteiger partial charge in [0.1, 0.15) is 11.5 Å². The maximum absolute atomic E-state index is 12.2. The van der Waals surface area contributed by atoms with Crippen LogP contribution in [0.25, 0.3) is 6.08 Å². The summed E-state index contributed by atoms with van der Waals surface area (Å²) in [6.45, 7) is 0.904. The number of rotatable bonds is 12.